The van der Waals surface area contributed by atoms with E-state index in [9.17, 15) is 5.11 Å². The lowest BCUT2D eigenvalue weighted by Gasteiger charge is -2.38. The van der Waals surface area contributed by atoms with Crippen LogP contribution < -0.4 is 0 Å². The number of ether oxygens (including phenoxy) is 1. The fourth-order valence-corrected chi connectivity index (χ4v) is 3.11. The van der Waals surface area contributed by atoms with Gasteiger partial charge >= 0.3 is 0 Å². The zero-order valence-electron chi connectivity index (χ0n) is 11.5. The van der Waals surface area contributed by atoms with E-state index in [1.54, 1.807) is 0 Å². The molecule has 110 valence electrons. The molecule has 0 amide bonds. The maximum Gasteiger partial charge on any atom is 0.0950 e. The number of piperazine rings is 1. The minimum atomic E-state index is -0.321. The molecule has 1 aromatic rings. The van der Waals surface area contributed by atoms with Gasteiger partial charge in [-0.05, 0) is 17.7 Å². The van der Waals surface area contributed by atoms with Crippen LogP contribution in [0.25, 0.3) is 0 Å². The largest absolute Gasteiger partial charge is 0.389 e. The molecule has 0 aliphatic carbocycles. The highest BCUT2D eigenvalue weighted by molar-refractivity contribution is 6.30. The van der Waals surface area contributed by atoms with Gasteiger partial charge in [0, 0.05) is 37.7 Å². The van der Waals surface area contributed by atoms with E-state index < -0.39 is 0 Å². The summed E-state index contributed by atoms with van der Waals surface area (Å²) in [7, 11) is 0. The van der Waals surface area contributed by atoms with Crippen molar-refractivity contribution in [3.8, 4) is 0 Å². The van der Waals surface area contributed by atoms with Gasteiger partial charge in [0.25, 0.3) is 0 Å². The van der Waals surface area contributed by atoms with Crippen LogP contribution >= 0.6 is 11.6 Å². The predicted octanol–water partition coefficient (Wildman–Crippen LogP) is 1.22. The van der Waals surface area contributed by atoms with E-state index in [-0.39, 0.29) is 12.1 Å². The van der Waals surface area contributed by atoms with E-state index in [4.69, 9.17) is 16.3 Å². The molecule has 2 aliphatic rings. The summed E-state index contributed by atoms with van der Waals surface area (Å²) >= 11 is 5.90. The summed E-state index contributed by atoms with van der Waals surface area (Å²) in [4.78, 5) is 4.80. The Labute approximate surface area is 124 Å². The van der Waals surface area contributed by atoms with Crippen molar-refractivity contribution < 1.29 is 9.84 Å². The van der Waals surface area contributed by atoms with Crippen LogP contribution in [0.2, 0.25) is 5.02 Å². The molecule has 2 fully saturated rings. The Morgan fingerprint density at radius 2 is 1.80 bits per heavy atom. The molecular formula is C15H21ClN2O2. The van der Waals surface area contributed by atoms with Crippen LogP contribution in [-0.2, 0) is 11.3 Å². The van der Waals surface area contributed by atoms with Crippen molar-refractivity contribution in [2.24, 2.45) is 0 Å². The maximum absolute atomic E-state index is 9.88. The molecule has 2 saturated heterocycles. The molecule has 0 radical (unpaired) electrons. The second-order valence-electron chi connectivity index (χ2n) is 5.61. The first-order valence-corrected chi connectivity index (χ1v) is 7.57. The SMILES string of the molecule is OC1COCC1N1CCN(Cc2ccc(Cl)cc2)CC1. The number of aliphatic hydroxyl groups excluding tert-OH is 1. The monoisotopic (exact) mass is 296 g/mol. The molecule has 3 rings (SSSR count). The summed E-state index contributed by atoms with van der Waals surface area (Å²) < 4.78 is 5.34. The van der Waals surface area contributed by atoms with Gasteiger partial charge in [-0.25, -0.2) is 0 Å². The number of nitrogens with zero attached hydrogens (tertiary/aromatic N) is 2. The van der Waals surface area contributed by atoms with E-state index in [0.29, 0.717) is 13.2 Å². The molecule has 5 heteroatoms. The highest BCUT2D eigenvalue weighted by Gasteiger charge is 2.33. The smallest absolute Gasteiger partial charge is 0.0950 e. The molecular weight excluding hydrogens is 276 g/mol. The lowest BCUT2D eigenvalue weighted by Crippen LogP contribution is -2.53. The highest BCUT2D eigenvalue weighted by Crippen LogP contribution is 2.17. The minimum absolute atomic E-state index is 0.188. The average molecular weight is 297 g/mol. The highest BCUT2D eigenvalue weighted by atomic mass is 35.5. The number of halogens is 1. The van der Waals surface area contributed by atoms with Crippen molar-refractivity contribution in [3.05, 3.63) is 34.9 Å². The van der Waals surface area contributed by atoms with E-state index >= 15 is 0 Å². The Balaban J connectivity index is 1.49. The van der Waals surface area contributed by atoms with Crippen LogP contribution in [0.4, 0.5) is 0 Å². The van der Waals surface area contributed by atoms with Gasteiger partial charge in [-0.1, -0.05) is 23.7 Å². The van der Waals surface area contributed by atoms with Gasteiger partial charge in [-0.15, -0.1) is 0 Å². The van der Waals surface area contributed by atoms with Crippen molar-refractivity contribution in [1.82, 2.24) is 9.80 Å². The lowest BCUT2D eigenvalue weighted by molar-refractivity contribution is 0.0422. The summed E-state index contributed by atoms with van der Waals surface area (Å²) in [5, 5.41) is 10.7. The summed E-state index contributed by atoms with van der Waals surface area (Å²) in [6.07, 6.45) is -0.321. The molecule has 0 spiro atoms. The van der Waals surface area contributed by atoms with Crippen molar-refractivity contribution in [3.63, 3.8) is 0 Å². The van der Waals surface area contributed by atoms with Crippen LogP contribution in [0.3, 0.4) is 0 Å². The first-order chi connectivity index (χ1) is 9.72. The number of rotatable bonds is 3. The third kappa shape index (κ3) is 3.32. The normalized spacial score (nSPS) is 28.9. The van der Waals surface area contributed by atoms with Crippen molar-refractivity contribution >= 4 is 11.6 Å². The van der Waals surface area contributed by atoms with E-state index in [0.717, 1.165) is 37.7 Å². The Morgan fingerprint density at radius 1 is 1.10 bits per heavy atom. The maximum atomic E-state index is 9.88. The van der Waals surface area contributed by atoms with Gasteiger partial charge in [0.15, 0.2) is 0 Å². The molecule has 20 heavy (non-hydrogen) atoms. The number of aliphatic hydroxyl groups is 1. The molecule has 0 saturated carbocycles. The van der Waals surface area contributed by atoms with Gasteiger partial charge in [0.05, 0.1) is 25.4 Å². The number of hydrogen-bond acceptors (Lipinski definition) is 4. The van der Waals surface area contributed by atoms with Gasteiger partial charge in [-0.3, -0.25) is 9.80 Å². The fraction of sp³-hybridized carbons (Fsp3) is 0.600. The number of hydrogen-bond donors (Lipinski definition) is 1. The fourth-order valence-electron chi connectivity index (χ4n) is 2.98. The van der Waals surface area contributed by atoms with Crippen molar-refractivity contribution in [1.29, 1.82) is 0 Å². The van der Waals surface area contributed by atoms with Crippen LogP contribution in [0.1, 0.15) is 5.56 Å². The van der Waals surface area contributed by atoms with Crippen molar-refractivity contribution in [2.45, 2.75) is 18.7 Å². The van der Waals surface area contributed by atoms with Crippen molar-refractivity contribution in [2.75, 3.05) is 39.4 Å². The third-order valence-corrected chi connectivity index (χ3v) is 4.47. The van der Waals surface area contributed by atoms with Gasteiger partial charge in [0.2, 0.25) is 0 Å². The summed E-state index contributed by atoms with van der Waals surface area (Å²) in [5.74, 6) is 0. The topological polar surface area (TPSA) is 35.9 Å². The van der Waals surface area contributed by atoms with E-state index in [1.165, 1.54) is 5.56 Å². The molecule has 1 aromatic carbocycles. The summed E-state index contributed by atoms with van der Waals surface area (Å²) in [5.41, 5.74) is 1.30. The molecule has 0 bridgehead atoms. The summed E-state index contributed by atoms with van der Waals surface area (Å²) in [6.45, 7) is 6.18. The second kappa shape index (κ2) is 6.41. The predicted molar refractivity (Wildman–Crippen MR) is 78.9 cm³/mol. The van der Waals surface area contributed by atoms with Gasteiger partial charge in [-0.2, -0.15) is 0 Å². The van der Waals surface area contributed by atoms with Crippen LogP contribution in [-0.4, -0.2) is 66.4 Å². The zero-order chi connectivity index (χ0) is 13.9. The third-order valence-electron chi connectivity index (χ3n) is 4.22. The molecule has 2 heterocycles. The molecule has 2 aliphatic heterocycles. The average Bonchev–Trinajstić information content (AvgIpc) is 2.89. The van der Waals surface area contributed by atoms with Crippen LogP contribution in [0.5, 0.6) is 0 Å². The minimum Gasteiger partial charge on any atom is -0.389 e. The molecule has 2 unspecified atom stereocenters. The quantitative estimate of drug-likeness (QED) is 0.910. The van der Waals surface area contributed by atoms with Crippen LogP contribution in [0.15, 0.2) is 24.3 Å². The zero-order valence-corrected chi connectivity index (χ0v) is 12.3. The molecule has 0 aromatic heterocycles. The van der Waals surface area contributed by atoms with E-state index in [2.05, 4.69) is 21.9 Å². The van der Waals surface area contributed by atoms with Gasteiger partial charge in [0.1, 0.15) is 0 Å². The summed E-state index contributed by atoms with van der Waals surface area (Å²) in [6, 6.07) is 8.25. The Bertz CT molecular complexity index is 432. The second-order valence-corrected chi connectivity index (χ2v) is 6.05. The Kier molecular flexibility index (Phi) is 4.58. The number of benzene rings is 1. The molecule has 2 atom stereocenters. The standard InChI is InChI=1S/C15H21ClN2O2/c16-13-3-1-12(2-4-13)9-17-5-7-18(8-6-17)14-10-20-11-15(14)19/h1-4,14-15,19H,5-11H2. The first kappa shape index (κ1) is 14.3. The first-order valence-electron chi connectivity index (χ1n) is 7.19. The Hall–Kier alpha value is -0.650. The lowest BCUT2D eigenvalue weighted by atomic mass is 10.1. The van der Waals surface area contributed by atoms with Gasteiger partial charge < -0.3 is 9.84 Å². The molecule has 4 nitrogen and oxygen atoms in total. The van der Waals surface area contributed by atoms with E-state index in [1.807, 2.05) is 12.1 Å². The Morgan fingerprint density at radius 3 is 2.40 bits per heavy atom. The molecule has 1 N–H and O–H groups in total. The van der Waals surface area contributed by atoms with Crippen LogP contribution in [0, 0.1) is 0 Å².